The standard InChI is InChI=1S/C20H20BrNO5/c1-20(2,3)14-6-4-13(5-7-14)19(25)22-17(23)12-26-18(24)11-9-15-8-10-16(21)27-15/h4-11H,12H2,1-3H3,(H,22,23,25)/b11-9+. The van der Waals surface area contributed by atoms with E-state index in [2.05, 4.69) is 42.0 Å². The highest BCUT2D eigenvalue weighted by Crippen LogP contribution is 2.22. The Morgan fingerprint density at radius 2 is 1.78 bits per heavy atom. The highest BCUT2D eigenvalue weighted by Gasteiger charge is 2.15. The van der Waals surface area contributed by atoms with E-state index >= 15 is 0 Å². The molecular formula is C20H20BrNO5. The molecule has 0 unspecified atom stereocenters. The first-order chi connectivity index (χ1) is 12.6. The smallest absolute Gasteiger partial charge is 0.331 e. The van der Waals surface area contributed by atoms with Crippen molar-refractivity contribution in [3.8, 4) is 0 Å². The number of benzene rings is 1. The summed E-state index contributed by atoms with van der Waals surface area (Å²) >= 11 is 3.14. The summed E-state index contributed by atoms with van der Waals surface area (Å²) in [6.07, 6.45) is 2.54. The number of hydrogen-bond donors (Lipinski definition) is 1. The van der Waals surface area contributed by atoms with Gasteiger partial charge in [-0.2, -0.15) is 0 Å². The number of esters is 1. The van der Waals surface area contributed by atoms with E-state index in [0.29, 0.717) is 16.0 Å². The Balaban J connectivity index is 1.81. The number of amides is 2. The van der Waals surface area contributed by atoms with Crippen LogP contribution in [-0.2, 0) is 19.7 Å². The molecule has 7 heteroatoms. The SMILES string of the molecule is CC(C)(C)c1ccc(C(=O)NC(=O)COC(=O)/C=C/c2ccc(Br)o2)cc1. The van der Waals surface area contributed by atoms with Crippen molar-refractivity contribution in [1.29, 1.82) is 0 Å². The summed E-state index contributed by atoms with van der Waals surface area (Å²) in [6.45, 7) is 5.65. The molecule has 142 valence electrons. The molecular weight excluding hydrogens is 414 g/mol. The van der Waals surface area contributed by atoms with Crippen LogP contribution in [0, 0.1) is 0 Å². The Morgan fingerprint density at radius 1 is 1.11 bits per heavy atom. The van der Waals surface area contributed by atoms with Gasteiger partial charge in [0.25, 0.3) is 11.8 Å². The van der Waals surface area contributed by atoms with Crippen molar-refractivity contribution in [2.75, 3.05) is 6.61 Å². The topological polar surface area (TPSA) is 85.6 Å². The minimum absolute atomic E-state index is 0.0295. The van der Waals surface area contributed by atoms with Gasteiger partial charge in [-0.15, -0.1) is 0 Å². The molecule has 0 radical (unpaired) electrons. The highest BCUT2D eigenvalue weighted by atomic mass is 79.9. The van der Waals surface area contributed by atoms with Crippen molar-refractivity contribution in [1.82, 2.24) is 5.32 Å². The number of ether oxygens (including phenoxy) is 1. The minimum Gasteiger partial charge on any atom is -0.452 e. The van der Waals surface area contributed by atoms with Crippen molar-refractivity contribution in [3.05, 3.63) is 64.0 Å². The third kappa shape index (κ3) is 6.53. The van der Waals surface area contributed by atoms with Crippen molar-refractivity contribution in [3.63, 3.8) is 0 Å². The lowest BCUT2D eigenvalue weighted by molar-refractivity contribution is -0.143. The molecule has 0 spiro atoms. The molecule has 0 aliphatic heterocycles. The molecule has 2 rings (SSSR count). The molecule has 0 fully saturated rings. The lowest BCUT2D eigenvalue weighted by Gasteiger charge is -2.18. The summed E-state index contributed by atoms with van der Waals surface area (Å²) in [5.74, 6) is -1.52. The zero-order chi connectivity index (χ0) is 20.0. The molecule has 1 N–H and O–H groups in total. The van der Waals surface area contributed by atoms with Gasteiger partial charge in [-0.25, -0.2) is 4.79 Å². The van der Waals surface area contributed by atoms with Crippen LogP contribution < -0.4 is 5.32 Å². The summed E-state index contributed by atoms with van der Waals surface area (Å²) in [7, 11) is 0. The molecule has 6 nitrogen and oxygen atoms in total. The first kappa shape index (κ1) is 20.6. The fourth-order valence-corrected chi connectivity index (χ4v) is 2.43. The lowest BCUT2D eigenvalue weighted by atomic mass is 9.87. The molecule has 0 atom stereocenters. The van der Waals surface area contributed by atoms with Crippen molar-refractivity contribution < 1.29 is 23.5 Å². The van der Waals surface area contributed by atoms with E-state index in [9.17, 15) is 14.4 Å². The second kappa shape index (κ2) is 8.81. The van der Waals surface area contributed by atoms with Gasteiger partial charge < -0.3 is 9.15 Å². The van der Waals surface area contributed by atoms with Crippen LogP contribution in [0.2, 0.25) is 0 Å². The number of carbonyl (C=O) groups excluding carboxylic acids is 3. The van der Waals surface area contributed by atoms with E-state index in [0.717, 1.165) is 11.6 Å². The van der Waals surface area contributed by atoms with Gasteiger partial charge in [0.05, 0.1) is 0 Å². The van der Waals surface area contributed by atoms with Gasteiger partial charge in [0.2, 0.25) is 0 Å². The Kier molecular flexibility index (Phi) is 6.74. The molecule has 1 heterocycles. The van der Waals surface area contributed by atoms with Gasteiger partial charge >= 0.3 is 5.97 Å². The maximum Gasteiger partial charge on any atom is 0.331 e. The maximum absolute atomic E-state index is 12.1. The van der Waals surface area contributed by atoms with Crippen LogP contribution in [0.5, 0.6) is 0 Å². The second-order valence-electron chi connectivity index (χ2n) is 6.79. The van der Waals surface area contributed by atoms with Gasteiger partial charge in [-0.1, -0.05) is 32.9 Å². The van der Waals surface area contributed by atoms with E-state index in [1.54, 1.807) is 24.3 Å². The molecule has 0 aliphatic rings. The number of carbonyl (C=O) groups is 3. The van der Waals surface area contributed by atoms with Gasteiger partial charge in [-0.05, 0) is 57.2 Å². The average Bonchev–Trinajstić information content (AvgIpc) is 3.03. The zero-order valence-electron chi connectivity index (χ0n) is 15.2. The van der Waals surface area contributed by atoms with Crippen LogP contribution >= 0.6 is 15.9 Å². The average molecular weight is 434 g/mol. The number of hydrogen-bond acceptors (Lipinski definition) is 5. The fraction of sp³-hybridized carbons (Fsp3) is 0.250. The van der Waals surface area contributed by atoms with Crippen LogP contribution in [0.1, 0.15) is 42.5 Å². The largest absolute Gasteiger partial charge is 0.452 e. The molecule has 1 aromatic heterocycles. The predicted molar refractivity (Wildman–Crippen MR) is 104 cm³/mol. The molecule has 0 saturated heterocycles. The van der Waals surface area contributed by atoms with Crippen LogP contribution in [0.3, 0.4) is 0 Å². The van der Waals surface area contributed by atoms with Crippen molar-refractivity contribution >= 4 is 39.8 Å². The number of imide groups is 1. The molecule has 0 saturated carbocycles. The van der Waals surface area contributed by atoms with E-state index in [4.69, 9.17) is 9.15 Å². The molecule has 0 bridgehead atoms. The minimum atomic E-state index is -0.723. The number of nitrogens with one attached hydrogen (secondary N) is 1. The molecule has 2 aromatic rings. The first-order valence-electron chi connectivity index (χ1n) is 8.20. The number of halogens is 1. The Bertz CT molecular complexity index is 859. The quantitative estimate of drug-likeness (QED) is 0.571. The maximum atomic E-state index is 12.1. The second-order valence-corrected chi connectivity index (χ2v) is 7.57. The van der Waals surface area contributed by atoms with E-state index in [-0.39, 0.29) is 5.41 Å². The van der Waals surface area contributed by atoms with Crippen LogP contribution in [0.25, 0.3) is 6.08 Å². The molecule has 2 amide bonds. The Morgan fingerprint density at radius 3 is 2.33 bits per heavy atom. The summed E-state index contributed by atoms with van der Waals surface area (Å²) in [5, 5.41) is 2.18. The van der Waals surface area contributed by atoms with Crippen LogP contribution in [-0.4, -0.2) is 24.4 Å². The zero-order valence-corrected chi connectivity index (χ0v) is 16.8. The lowest BCUT2D eigenvalue weighted by Crippen LogP contribution is -2.34. The predicted octanol–water partition coefficient (Wildman–Crippen LogP) is 3.85. The van der Waals surface area contributed by atoms with Crippen LogP contribution in [0.15, 0.2) is 51.6 Å². The van der Waals surface area contributed by atoms with E-state index in [1.807, 2.05) is 12.1 Å². The van der Waals surface area contributed by atoms with Gasteiger partial charge in [0, 0.05) is 11.6 Å². The molecule has 27 heavy (non-hydrogen) atoms. The normalized spacial score (nSPS) is 11.4. The third-order valence-electron chi connectivity index (χ3n) is 3.59. The van der Waals surface area contributed by atoms with Gasteiger partial charge in [-0.3, -0.25) is 14.9 Å². The third-order valence-corrected chi connectivity index (χ3v) is 4.02. The van der Waals surface area contributed by atoms with Gasteiger partial charge in [0.1, 0.15) is 5.76 Å². The summed E-state index contributed by atoms with van der Waals surface area (Å²) in [5.41, 5.74) is 1.40. The highest BCUT2D eigenvalue weighted by molar-refractivity contribution is 9.10. The monoisotopic (exact) mass is 433 g/mol. The summed E-state index contributed by atoms with van der Waals surface area (Å²) < 4.78 is 10.5. The number of rotatable bonds is 5. The Labute approximate surface area is 165 Å². The summed E-state index contributed by atoms with van der Waals surface area (Å²) in [6, 6.07) is 10.3. The van der Waals surface area contributed by atoms with Crippen LogP contribution in [0.4, 0.5) is 0 Å². The number of furan rings is 1. The van der Waals surface area contributed by atoms with Crippen molar-refractivity contribution in [2.24, 2.45) is 0 Å². The molecule has 0 aliphatic carbocycles. The fourth-order valence-electron chi connectivity index (χ4n) is 2.11. The first-order valence-corrected chi connectivity index (χ1v) is 8.99. The van der Waals surface area contributed by atoms with E-state index in [1.165, 1.54) is 6.08 Å². The van der Waals surface area contributed by atoms with Gasteiger partial charge in [0.15, 0.2) is 11.3 Å². The molecule has 1 aromatic carbocycles. The van der Waals surface area contributed by atoms with Crippen molar-refractivity contribution in [2.45, 2.75) is 26.2 Å². The van der Waals surface area contributed by atoms with E-state index < -0.39 is 24.4 Å². The summed E-state index contributed by atoms with van der Waals surface area (Å²) in [4.78, 5) is 35.4. The Hall–Kier alpha value is -2.67.